The molecule has 0 aromatic heterocycles. The molecule has 1 aliphatic carbocycles. The number of ether oxygens (including phenoxy) is 2. The predicted molar refractivity (Wildman–Crippen MR) is 83.3 cm³/mol. The van der Waals surface area contributed by atoms with Gasteiger partial charge in [-0.15, -0.1) is 0 Å². The zero-order valence-electron chi connectivity index (χ0n) is 12.3. The largest absolute Gasteiger partial charge is 0.395 e. The Bertz CT molecular complexity index is 218. The highest BCUT2D eigenvalue weighted by Crippen LogP contribution is 2.19. The molecule has 0 aromatic rings. The minimum absolute atomic E-state index is 0.0364. The van der Waals surface area contributed by atoms with Crippen molar-refractivity contribution in [3.63, 3.8) is 0 Å². The van der Waals surface area contributed by atoms with Gasteiger partial charge in [-0.2, -0.15) is 0 Å². The summed E-state index contributed by atoms with van der Waals surface area (Å²) in [6.45, 7) is 1.04. The number of hydrogen-bond donors (Lipinski definition) is 2. The summed E-state index contributed by atoms with van der Waals surface area (Å²) in [6, 6.07) is 0. The monoisotopic (exact) mass is 352 g/mol. The van der Waals surface area contributed by atoms with Gasteiger partial charge in [0.15, 0.2) is 0 Å². The van der Waals surface area contributed by atoms with E-state index in [9.17, 15) is 5.11 Å². The standard InChI is InChI=1S/C15H29BrO4/c16-13(9-17)10-19-11-14(18)12-20-15-7-5-3-1-2-4-6-8-15/h13-15,17-18H,1-12H2. The van der Waals surface area contributed by atoms with Crippen LogP contribution in [0, 0.1) is 0 Å². The maximum absolute atomic E-state index is 9.82. The van der Waals surface area contributed by atoms with Crippen molar-refractivity contribution in [2.45, 2.75) is 68.4 Å². The Morgan fingerprint density at radius 1 is 0.950 bits per heavy atom. The van der Waals surface area contributed by atoms with Crippen molar-refractivity contribution in [1.82, 2.24) is 0 Å². The summed E-state index contributed by atoms with van der Waals surface area (Å²) in [5, 5.41) is 18.7. The fourth-order valence-electron chi connectivity index (χ4n) is 2.44. The Morgan fingerprint density at radius 2 is 1.55 bits per heavy atom. The van der Waals surface area contributed by atoms with E-state index in [-0.39, 0.29) is 18.0 Å². The first-order valence-corrected chi connectivity index (χ1v) is 8.76. The molecule has 2 unspecified atom stereocenters. The Balaban J connectivity index is 2.09. The molecule has 0 spiro atoms. The molecule has 0 radical (unpaired) electrons. The van der Waals surface area contributed by atoms with Crippen LogP contribution in [-0.4, -0.2) is 53.7 Å². The van der Waals surface area contributed by atoms with Crippen molar-refractivity contribution in [3.05, 3.63) is 0 Å². The van der Waals surface area contributed by atoms with E-state index in [2.05, 4.69) is 15.9 Å². The first-order chi connectivity index (χ1) is 9.72. The summed E-state index contributed by atoms with van der Waals surface area (Å²) in [4.78, 5) is -0.0648. The van der Waals surface area contributed by atoms with Crippen LogP contribution in [0.4, 0.5) is 0 Å². The van der Waals surface area contributed by atoms with Crippen LogP contribution in [0.15, 0.2) is 0 Å². The Labute approximate surface area is 131 Å². The van der Waals surface area contributed by atoms with E-state index < -0.39 is 6.10 Å². The molecule has 120 valence electrons. The van der Waals surface area contributed by atoms with Crippen LogP contribution < -0.4 is 0 Å². The highest BCUT2D eigenvalue weighted by Gasteiger charge is 2.14. The van der Waals surface area contributed by atoms with Gasteiger partial charge < -0.3 is 19.7 Å². The Hall–Kier alpha value is 0.320. The summed E-state index contributed by atoms with van der Waals surface area (Å²) >= 11 is 3.26. The minimum Gasteiger partial charge on any atom is -0.395 e. The van der Waals surface area contributed by atoms with Crippen LogP contribution in [0.5, 0.6) is 0 Å². The lowest BCUT2D eigenvalue weighted by Crippen LogP contribution is -2.27. The molecule has 0 heterocycles. The first kappa shape index (κ1) is 18.4. The van der Waals surface area contributed by atoms with E-state index in [1.807, 2.05) is 0 Å². The molecule has 2 atom stereocenters. The molecule has 0 aromatic carbocycles. The van der Waals surface area contributed by atoms with E-state index in [1.165, 1.54) is 38.5 Å². The molecule has 0 saturated heterocycles. The molecule has 0 bridgehead atoms. The third-order valence-electron chi connectivity index (χ3n) is 3.63. The summed E-state index contributed by atoms with van der Waals surface area (Å²) in [5.41, 5.74) is 0. The lowest BCUT2D eigenvalue weighted by atomic mass is 10.1. The quantitative estimate of drug-likeness (QED) is 0.659. The third-order valence-corrected chi connectivity index (χ3v) is 4.19. The second kappa shape index (κ2) is 11.9. The second-order valence-electron chi connectivity index (χ2n) is 5.63. The molecule has 1 saturated carbocycles. The average molecular weight is 353 g/mol. The first-order valence-electron chi connectivity index (χ1n) is 7.84. The maximum atomic E-state index is 9.82. The van der Waals surface area contributed by atoms with Gasteiger partial charge >= 0.3 is 0 Å². The zero-order valence-corrected chi connectivity index (χ0v) is 13.9. The molecule has 20 heavy (non-hydrogen) atoms. The van der Waals surface area contributed by atoms with Crippen LogP contribution in [0.3, 0.4) is 0 Å². The van der Waals surface area contributed by atoms with Crippen LogP contribution in [0.1, 0.15) is 51.4 Å². The van der Waals surface area contributed by atoms with E-state index in [0.29, 0.717) is 19.3 Å². The van der Waals surface area contributed by atoms with Crippen LogP contribution in [0.25, 0.3) is 0 Å². The average Bonchev–Trinajstić information content (AvgIpc) is 2.58. The summed E-state index contributed by atoms with van der Waals surface area (Å²) < 4.78 is 11.1. The van der Waals surface area contributed by atoms with Gasteiger partial charge in [-0.25, -0.2) is 0 Å². The van der Waals surface area contributed by atoms with Gasteiger partial charge in [-0.3, -0.25) is 0 Å². The lowest BCUT2D eigenvalue weighted by Gasteiger charge is -2.20. The van der Waals surface area contributed by atoms with Gasteiger partial charge in [-0.1, -0.05) is 54.5 Å². The maximum Gasteiger partial charge on any atom is 0.101 e. The normalized spacial score (nSPS) is 21.8. The summed E-state index contributed by atoms with van der Waals surface area (Å²) in [6.07, 6.45) is 9.72. The van der Waals surface area contributed by atoms with Crippen molar-refractivity contribution in [1.29, 1.82) is 0 Å². The third kappa shape index (κ3) is 9.29. The van der Waals surface area contributed by atoms with Crippen LogP contribution in [0.2, 0.25) is 0 Å². The van der Waals surface area contributed by atoms with Crippen molar-refractivity contribution in [2.24, 2.45) is 0 Å². The van der Waals surface area contributed by atoms with E-state index in [4.69, 9.17) is 14.6 Å². The molecule has 5 heteroatoms. The minimum atomic E-state index is -0.582. The number of rotatable bonds is 8. The number of aliphatic hydroxyl groups excluding tert-OH is 2. The van der Waals surface area contributed by atoms with E-state index in [0.717, 1.165) is 12.8 Å². The number of aliphatic hydroxyl groups is 2. The molecule has 0 aliphatic heterocycles. The number of halogens is 1. The van der Waals surface area contributed by atoms with Crippen molar-refractivity contribution in [2.75, 3.05) is 26.4 Å². The van der Waals surface area contributed by atoms with Crippen molar-refractivity contribution >= 4 is 15.9 Å². The van der Waals surface area contributed by atoms with Crippen LogP contribution in [-0.2, 0) is 9.47 Å². The van der Waals surface area contributed by atoms with Gasteiger partial charge in [-0.05, 0) is 12.8 Å². The molecule has 4 nitrogen and oxygen atoms in total. The van der Waals surface area contributed by atoms with Gasteiger partial charge in [0, 0.05) is 0 Å². The molecule has 1 fully saturated rings. The SMILES string of the molecule is OCC(Br)COCC(O)COC1CCCCCCCC1. The Kier molecular flexibility index (Phi) is 11.0. The molecule has 2 N–H and O–H groups in total. The highest BCUT2D eigenvalue weighted by molar-refractivity contribution is 9.09. The fourth-order valence-corrected chi connectivity index (χ4v) is 2.63. The fraction of sp³-hybridized carbons (Fsp3) is 1.00. The second-order valence-corrected chi connectivity index (χ2v) is 6.92. The van der Waals surface area contributed by atoms with E-state index in [1.54, 1.807) is 0 Å². The molecule has 1 rings (SSSR count). The summed E-state index contributed by atoms with van der Waals surface area (Å²) in [5.74, 6) is 0. The molecule has 0 amide bonds. The molecule has 1 aliphatic rings. The van der Waals surface area contributed by atoms with E-state index >= 15 is 0 Å². The Morgan fingerprint density at radius 3 is 2.15 bits per heavy atom. The molecular formula is C15H29BrO4. The van der Waals surface area contributed by atoms with Gasteiger partial charge in [0.1, 0.15) is 6.10 Å². The van der Waals surface area contributed by atoms with Crippen molar-refractivity contribution < 1.29 is 19.7 Å². The van der Waals surface area contributed by atoms with Gasteiger partial charge in [0.25, 0.3) is 0 Å². The van der Waals surface area contributed by atoms with Gasteiger partial charge in [0.05, 0.1) is 37.4 Å². The zero-order chi connectivity index (χ0) is 14.6. The number of alkyl halides is 1. The number of hydrogen-bond acceptors (Lipinski definition) is 4. The van der Waals surface area contributed by atoms with Crippen LogP contribution >= 0.6 is 15.9 Å². The smallest absolute Gasteiger partial charge is 0.101 e. The van der Waals surface area contributed by atoms with Gasteiger partial charge in [0.2, 0.25) is 0 Å². The predicted octanol–water partition coefficient (Wildman–Crippen LogP) is 2.64. The molecular weight excluding hydrogens is 324 g/mol. The lowest BCUT2D eigenvalue weighted by molar-refractivity contribution is -0.0492. The van der Waals surface area contributed by atoms with Crippen molar-refractivity contribution in [3.8, 4) is 0 Å². The summed E-state index contributed by atoms with van der Waals surface area (Å²) in [7, 11) is 0. The topological polar surface area (TPSA) is 58.9 Å². The highest BCUT2D eigenvalue weighted by atomic mass is 79.9.